The number of nitrogens with two attached hydrogens (primary N) is 1. The maximum atomic E-state index is 13.3. The zero-order chi connectivity index (χ0) is 21.0. The van der Waals surface area contributed by atoms with Gasteiger partial charge in [-0.1, -0.05) is 18.6 Å². The number of carbonyl (C=O) groups is 4. The smallest absolute Gasteiger partial charge is 0.262 e. The number of carbonyl (C=O) groups excluding carboxylic acids is 4. The standard InChI is InChI=1S/C22H26N4O4/c23-12-22-8-2-3-13(9-22)10-25(22)11-14-4-1-5-15-18(14)21(30)26(20(15)29)16-6-7-17(27)24-19(16)28/h1,4-5,13,16H,2-3,6-12,23H2,(H,24,27,28). The summed E-state index contributed by atoms with van der Waals surface area (Å²) in [6.45, 7) is 2.12. The largest absolute Gasteiger partial charge is 0.329 e. The molecule has 4 aliphatic rings. The molecule has 1 aliphatic carbocycles. The van der Waals surface area contributed by atoms with E-state index < -0.39 is 23.8 Å². The van der Waals surface area contributed by atoms with Crippen molar-refractivity contribution in [1.29, 1.82) is 0 Å². The van der Waals surface area contributed by atoms with Gasteiger partial charge in [0.15, 0.2) is 0 Å². The Labute approximate surface area is 174 Å². The van der Waals surface area contributed by atoms with Gasteiger partial charge in [0.1, 0.15) is 6.04 Å². The molecule has 3 fully saturated rings. The first-order chi connectivity index (χ1) is 14.4. The fourth-order valence-corrected chi connectivity index (χ4v) is 5.88. The first kappa shape index (κ1) is 19.4. The zero-order valence-corrected chi connectivity index (χ0v) is 16.9. The van der Waals surface area contributed by atoms with E-state index >= 15 is 0 Å². The molecule has 2 saturated heterocycles. The molecule has 3 atom stereocenters. The van der Waals surface area contributed by atoms with E-state index in [-0.39, 0.29) is 24.3 Å². The molecule has 8 nitrogen and oxygen atoms in total. The molecule has 3 aliphatic heterocycles. The van der Waals surface area contributed by atoms with E-state index in [1.807, 2.05) is 6.07 Å². The highest BCUT2D eigenvalue weighted by molar-refractivity contribution is 6.24. The lowest BCUT2D eigenvalue weighted by molar-refractivity contribution is -0.136. The fourth-order valence-electron chi connectivity index (χ4n) is 5.88. The molecule has 4 amide bonds. The van der Waals surface area contributed by atoms with Crippen molar-refractivity contribution in [2.24, 2.45) is 11.7 Å². The van der Waals surface area contributed by atoms with Gasteiger partial charge in [-0.3, -0.25) is 34.3 Å². The molecular weight excluding hydrogens is 384 g/mol. The number of rotatable bonds is 4. The highest BCUT2D eigenvalue weighted by Crippen LogP contribution is 2.44. The van der Waals surface area contributed by atoms with Crippen molar-refractivity contribution in [3.8, 4) is 0 Å². The number of nitrogens with zero attached hydrogens (tertiary/aromatic N) is 2. The number of fused-ring (bicyclic) bond motifs is 3. The molecule has 0 aromatic heterocycles. The topological polar surface area (TPSA) is 113 Å². The van der Waals surface area contributed by atoms with E-state index in [0.29, 0.717) is 30.1 Å². The molecule has 1 saturated carbocycles. The minimum absolute atomic E-state index is 0.0272. The summed E-state index contributed by atoms with van der Waals surface area (Å²) in [7, 11) is 0. The second kappa shape index (κ2) is 6.99. The van der Waals surface area contributed by atoms with Crippen LogP contribution < -0.4 is 11.1 Å². The van der Waals surface area contributed by atoms with Crippen LogP contribution in [0, 0.1) is 5.92 Å². The summed E-state index contributed by atoms with van der Waals surface area (Å²) in [5.74, 6) is -1.22. The number of nitrogens with one attached hydrogen (secondary N) is 1. The maximum absolute atomic E-state index is 13.3. The summed E-state index contributed by atoms with van der Waals surface area (Å²) in [6.07, 6.45) is 4.82. The molecule has 5 rings (SSSR count). The van der Waals surface area contributed by atoms with Crippen LogP contribution in [-0.2, 0) is 16.1 Å². The van der Waals surface area contributed by atoms with Crippen molar-refractivity contribution >= 4 is 23.6 Å². The molecule has 158 valence electrons. The number of benzene rings is 1. The molecule has 3 unspecified atom stereocenters. The third kappa shape index (κ3) is 2.81. The van der Waals surface area contributed by atoms with E-state index in [1.54, 1.807) is 12.1 Å². The van der Waals surface area contributed by atoms with Gasteiger partial charge in [-0.05, 0) is 43.2 Å². The van der Waals surface area contributed by atoms with Gasteiger partial charge in [-0.25, -0.2) is 0 Å². The number of piperidine rings is 1. The molecule has 3 N–H and O–H groups in total. The maximum Gasteiger partial charge on any atom is 0.262 e. The predicted octanol–water partition coefficient (Wildman–Crippen LogP) is 0.791. The van der Waals surface area contributed by atoms with Crippen LogP contribution in [-0.4, -0.2) is 58.1 Å². The summed E-state index contributed by atoms with van der Waals surface area (Å²) in [5.41, 5.74) is 7.69. The lowest BCUT2D eigenvalue weighted by atomic mass is 9.80. The molecule has 1 aromatic carbocycles. The Hall–Kier alpha value is -2.58. The van der Waals surface area contributed by atoms with Gasteiger partial charge in [0.2, 0.25) is 11.8 Å². The van der Waals surface area contributed by atoms with Crippen molar-refractivity contribution in [2.75, 3.05) is 13.1 Å². The van der Waals surface area contributed by atoms with Crippen LogP contribution in [0.5, 0.6) is 0 Å². The number of hydrogen-bond acceptors (Lipinski definition) is 6. The first-order valence-corrected chi connectivity index (χ1v) is 10.7. The summed E-state index contributed by atoms with van der Waals surface area (Å²) in [5, 5.41) is 2.24. The normalized spacial score (nSPS) is 31.3. The SMILES string of the molecule is NCC12CCCC(CN1Cc1cccc3c1C(=O)N(C1CCC(=O)NC1=O)C3=O)C2. The third-order valence-corrected chi connectivity index (χ3v) is 7.37. The summed E-state index contributed by atoms with van der Waals surface area (Å²) in [6, 6.07) is 4.39. The van der Waals surface area contributed by atoms with Gasteiger partial charge in [0.05, 0.1) is 11.1 Å². The van der Waals surface area contributed by atoms with Gasteiger partial charge in [0.25, 0.3) is 11.8 Å². The fraction of sp³-hybridized carbons (Fsp3) is 0.545. The van der Waals surface area contributed by atoms with Gasteiger partial charge in [-0.2, -0.15) is 0 Å². The van der Waals surface area contributed by atoms with E-state index in [4.69, 9.17) is 5.73 Å². The Morgan fingerprint density at radius 3 is 2.73 bits per heavy atom. The van der Waals surface area contributed by atoms with E-state index in [2.05, 4.69) is 10.2 Å². The Balaban J connectivity index is 1.45. The van der Waals surface area contributed by atoms with Crippen molar-refractivity contribution in [3.05, 3.63) is 34.9 Å². The minimum atomic E-state index is -0.940. The van der Waals surface area contributed by atoms with Crippen LogP contribution in [0.3, 0.4) is 0 Å². The molecule has 30 heavy (non-hydrogen) atoms. The van der Waals surface area contributed by atoms with Crippen molar-refractivity contribution < 1.29 is 19.2 Å². The molecule has 3 heterocycles. The van der Waals surface area contributed by atoms with Gasteiger partial charge >= 0.3 is 0 Å². The quantitative estimate of drug-likeness (QED) is 0.710. The van der Waals surface area contributed by atoms with Crippen LogP contribution in [0.1, 0.15) is 64.8 Å². The molecule has 0 spiro atoms. The van der Waals surface area contributed by atoms with Crippen molar-refractivity contribution in [3.63, 3.8) is 0 Å². The lowest BCUT2D eigenvalue weighted by Crippen LogP contribution is -2.54. The Morgan fingerprint density at radius 2 is 1.97 bits per heavy atom. The summed E-state index contributed by atoms with van der Waals surface area (Å²) in [4.78, 5) is 53.5. The number of imide groups is 2. The monoisotopic (exact) mass is 410 g/mol. The lowest BCUT2D eigenvalue weighted by Gasteiger charge is -2.39. The van der Waals surface area contributed by atoms with E-state index in [0.717, 1.165) is 29.8 Å². The van der Waals surface area contributed by atoms with Crippen LogP contribution in [0.25, 0.3) is 0 Å². The third-order valence-electron chi connectivity index (χ3n) is 7.37. The zero-order valence-electron chi connectivity index (χ0n) is 16.9. The molecule has 1 aromatic rings. The number of likely N-dealkylation sites (tertiary alicyclic amines) is 1. The second-order valence-electron chi connectivity index (χ2n) is 9.06. The molecular formula is C22H26N4O4. The highest BCUT2D eigenvalue weighted by atomic mass is 16.2. The average Bonchev–Trinajstić information content (AvgIpc) is 3.13. The van der Waals surface area contributed by atoms with Crippen LogP contribution >= 0.6 is 0 Å². The average molecular weight is 410 g/mol. The van der Waals surface area contributed by atoms with Gasteiger partial charge in [0, 0.05) is 31.6 Å². The molecule has 8 heteroatoms. The first-order valence-electron chi connectivity index (χ1n) is 10.7. The highest BCUT2D eigenvalue weighted by Gasteiger charge is 2.49. The van der Waals surface area contributed by atoms with E-state index in [1.165, 1.54) is 12.8 Å². The minimum Gasteiger partial charge on any atom is -0.329 e. The number of hydrogen-bond donors (Lipinski definition) is 2. The van der Waals surface area contributed by atoms with Crippen molar-refractivity contribution in [1.82, 2.24) is 15.1 Å². The van der Waals surface area contributed by atoms with Crippen molar-refractivity contribution in [2.45, 2.75) is 56.7 Å². The van der Waals surface area contributed by atoms with Crippen LogP contribution in [0.4, 0.5) is 0 Å². The Kier molecular flexibility index (Phi) is 4.52. The molecule has 2 bridgehead atoms. The van der Waals surface area contributed by atoms with Gasteiger partial charge in [-0.15, -0.1) is 0 Å². The second-order valence-corrected chi connectivity index (χ2v) is 9.06. The van der Waals surface area contributed by atoms with E-state index in [9.17, 15) is 19.2 Å². The number of amides is 4. The molecule has 0 radical (unpaired) electrons. The predicted molar refractivity (Wildman–Crippen MR) is 107 cm³/mol. The van der Waals surface area contributed by atoms with Crippen LogP contribution in [0.15, 0.2) is 18.2 Å². The van der Waals surface area contributed by atoms with Gasteiger partial charge < -0.3 is 5.73 Å². The Morgan fingerprint density at radius 1 is 1.13 bits per heavy atom. The Bertz CT molecular complexity index is 960. The summed E-state index contributed by atoms with van der Waals surface area (Å²) < 4.78 is 0. The summed E-state index contributed by atoms with van der Waals surface area (Å²) >= 11 is 0. The van der Waals surface area contributed by atoms with Crippen LogP contribution in [0.2, 0.25) is 0 Å².